The van der Waals surface area contributed by atoms with Crippen molar-refractivity contribution in [2.24, 2.45) is 5.92 Å². The molecule has 1 amide bonds. The van der Waals surface area contributed by atoms with Gasteiger partial charge in [-0.2, -0.15) is 0 Å². The quantitative estimate of drug-likeness (QED) is 0.557. The summed E-state index contributed by atoms with van der Waals surface area (Å²) in [6, 6.07) is -0.658. The third-order valence-electron chi connectivity index (χ3n) is 3.55. The van der Waals surface area contributed by atoms with Crippen LogP contribution in [0.1, 0.15) is 19.8 Å². The molecule has 2 heterocycles. The van der Waals surface area contributed by atoms with Gasteiger partial charge in [-0.25, -0.2) is 4.79 Å². The standard InChI is InChI=1S/C13H21NO4S3/c1-9(5-20-21-6-10-3-2-4-18-10)12(15)14-8-19-7-11(14)13(16)17/h9-11H,2-8H2,1H3,(H,16,17)/t9-,10?,11+/m1/s1. The van der Waals surface area contributed by atoms with E-state index in [1.807, 2.05) is 6.92 Å². The predicted octanol–water partition coefficient (Wildman–Crippen LogP) is 2.17. The third-order valence-corrected chi connectivity index (χ3v) is 7.19. The van der Waals surface area contributed by atoms with Crippen LogP contribution in [-0.4, -0.2) is 63.8 Å². The normalized spacial score (nSPS) is 27.0. The van der Waals surface area contributed by atoms with Crippen LogP contribution in [0, 0.1) is 5.92 Å². The Morgan fingerprint density at radius 3 is 2.95 bits per heavy atom. The van der Waals surface area contributed by atoms with Gasteiger partial charge >= 0.3 is 5.97 Å². The second kappa shape index (κ2) is 8.55. The zero-order chi connectivity index (χ0) is 15.2. The van der Waals surface area contributed by atoms with Crippen molar-refractivity contribution in [3.05, 3.63) is 0 Å². The highest BCUT2D eigenvalue weighted by Gasteiger charge is 2.36. The molecule has 0 saturated carbocycles. The van der Waals surface area contributed by atoms with Crippen molar-refractivity contribution in [3.63, 3.8) is 0 Å². The summed E-state index contributed by atoms with van der Waals surface area (Å²) >= 11 is 1.51. The van der Waals surface area contributed by atoms with Gasteiger partial charge in [-0.15, -0.1) is 11.8 Å². The second-order valence-corrected chi connectivity index (χ2v) is 8.82. The maximum absolute atomic E-state index is 12.3. The molecule has 0 aromatic heterocycles. The summed E-state index contributed by atoms with van der Waals surface area (Å²) in [6.07, 6.45) is 2.64. The Kier molecular flexibility index (Phi) is 7.04. The Morgan fingerprint density at radius 2 is 2.29 bits per heavy atom. The van der Waals surface area contributed by atoms with E-state index < -0.39 is 12.0 Å². The molecule has 0 radical (unpaired) electrons. The molecule has 8 heteroatoms. The highest BCUT2D eigenvalue weighted by atomic mass is 33.1. The lowest BCUT2D eigenvalue weighted by atomic mass is 10.1. The molecular weight excluding hydrogens is 330 g/mol. The van der Waals surface area contributed by atoms with E-state index in [1.165, 1.54) is 16.7 Å². The molecule has 0 aromatic rings. The molecule has 2 aliphatic rings. The summed E-state index contributed by atoms with van der Waals surface area (Å²) in [7, 11) is 3.43. The molecule has 1 unspecified atom stereocenters. The first-order valence-electron chi connectivity index (χ1n) is 7.06. The molecule has 0 spiro atoms. The van der Waals surface area contributed by atoms with Crippen LogP contribution in [-0.2, 0) is 14.3 Å². The molecule has 0 aliphatic carbocycles. The molecule has 1 N–H and O–H groups in total. The average molecular weight is 352 g/mol. The zero-order valence-electron chi connectivity index (χ0n) is 12.0. The van der Waals surface area contributed by atoms with E-state index in [-0.39, 0.29) is 11.8 Å². The first kappa shape index (κ1) is 17.3. The maximum Gasteiger partial charge on any atom is 0.327 e. The number of hydrogen-bond donors (Lipinski definition) is 1. The van der Waals surface area contributed by atoms with E-state index in [0.717, 1.165) is 25.2 Å². The Labute approximate surface area is 137 Å². The van der Waals surface area contributed by atoms with Crippen LogP contribution >= 0.6 is 33.3 Å². The molecule has 2 saturated heterocycles. The van der Waals surface area contributed by atoms with Gasteiger partial charge < -0.3 is 14.7 Å². The Balaban J connectivity index is 1.68. The molecule has 3 atom stereocenters. The van der Waals surface area contributed by atoms with Crippen molar-refractivity contribution in [2.45, 2.75) is 31.9 Å². The lowest BCUT2D eigenvalue weighted by Crippen LogP contribution is -2.44. The lowest BCUT2D eigenvalue weighted by molar-refractivity contribution is -0.148. The molecule has 2 aliphatic heterocycles. The molecule has 21 heavy (non-hydrogen) atoms. The van der Waals surface area contributed by atoms with Gasteiger partial charge in [0.05, 0.1) is 12.0 Å². The minimum atomic E-state index is -0.902. The molecular formula is C13H21NO4S3. The van der Waals surface area contributed by atoms with Gasteiger partial charge in [0.25, 0.3) is 0 Å². The smallest absolute Gasteiger partial charge is 0.327 e. The van der Waals surface area contributed by atoms with Crippen molar-refractivity contribution >= 4 is 45.2 Å². The first-order chi connectivity index (χ1) is 10.1. The van der Waals surface area contributed by atoms with Gasteiger partial charge in [0, 0.05) is 29.8 Å². The molecule has 5 nitrogen and oxygen atoms in total. The summed E-state index contributed by atoms with van der Waals surface area (Å²) in [6.45, 7) is 2.75. The summed E-state index contributed by atoms with van der Waals surface area (Å²) in [5.41, 5.74) is 0. The lowest BCUT2D eigenvalue weighted by Gasteiger charge is -2.23. The number of rotatable bonds is 7. The fourth-order valence-corrected chi connectivity index (χ4v) is 6.02. The van der Waals surface area contributed by atoms with Crippen LogP contribution < -0.4 is 0 Å². The van der Waals surface area contributed by atoms with Gasteiger partial charge in [0.15, 0.2) is 0 Å². The van der Waals surface area contributed by atoms with Crippen molar-refractivity contribution < 1.29 is 19.4 Å². The topological polar surface area (TPSA) is 66.8 Å². The number of carboxylic acids is 1. The zero-order valence-corrected chi connectivity index (χ0v) is 14.5. The average Bonchev–Trinajstić information content (AvgIpc) is 3.13. The van der Waals surface area contributed by atoms with Crippen LogP contribution in [0.3, 0.4) is 0 Å². The number of carbonyl (C=O) groups excluding carboxylic acids is 1. The summed E-state index contributed by atoms with van der Waals surface area (Å²) in [4.78, 5) is 24.9. The minimum absolute atomic E-state index is 0.0439. The summed E-state index contributed by atoms with van der Waals surface area (Å²) in [5.74, 6) is 1.57. The van der Waals surface area contributed by atoms with E-state index in [2.05, 4.69) is 0 Å². The number of carboxylic acid groups (broad SMARTS) is 1. The molecule has 2 rings (SSSR count). The first-order valence-corrected chi connectivity index (χ1v) is 10.7. The van der Waals surface area contributed by atoms with Crippen LogP contribution in [0.2, 0.25) is 0 Å². The van der Waals surface area contributed by atoms with E-state index in [1.54, 1.807) is 21.6 Å². The van der Waals surface area contributed by atoms with Crippen molar-refractivity contribution in [2.75, 3.05) is 29.7 Å². The van der Waals surface area contributed by atoms with Gasteiger partial charge in [-0.3, -0.25) is 4.79 Å². The number of amides is 1. The van der Waals surface area contributed by atoms with Crippen molar-refractivity contribution in [3.8, 4) is 0 Å². The Hall–Kier alpha value is -0.0500. The van der Waals surface area contributed by atoms with Gasteiger partial charge in [-0.05, 0) is 12.8 Å². The van der Waals surface area contributed by atoms with Gasteiger partial charge in [-0.1, -0.05) is 28.5 Å². The minimum Gasteiger partial charge on any atom is -0.480 e. The number of carbonyl (C=O) groups is 2. The number of ether oxygens (including phenoxy) is 1. The Bertz CT molecular complexity index is 376. The predicted molar refractivity (Wildman–Crippen MR) is 88.6 cm³/mol. The van der Waals surface area contributed by atoms with Crippen molar-refractivity contribution in [1.82, 2.24) is 4.90 Å². The van der Waals surface area contributed by atoms with Crippen LogP contribution in [0.4, 0.5) is 0 Å². The number of hydrogen-bond acceptors (Lipinski definition) is 6. The molecule has 120 valence electrons. The molecule has 0 bridgehead atoms. The number of thioether (sulfide) groups is 1. The van der Waals surface area contributed by atoms with Gasteiger partial charge in [0.1, 0.15) is 6.04 Å². The number of nitrogens with zero attached hydrogens (tertiary/aromatic N) is 1. The second-order valence-electron chi connectivity index (χ2n) is 5.27. The molecule has 2 fully saturated rings. The van der Waals surface area contributed by atoms with E-state index in [9.17, 15) is 9.59 Å². The largest absolute Gasteiger partial charge is 0.480 e. The Morgan fingerprint density at radius 1 is 1.48 bits per heavy atom. The summed E-state index contributed by atoms with van der Waals surface area (Å²) < 4.78 is 5.55. The van der Waals surface area contributed by atoms with Crippen LogP contribution in [0.5, 0.6) is 0 Å². The summed E-state index contributed by atoms with van der Waals surface area (Å²) in [5, 5.41) is 9.12. The van der Waals surface area contributed by atoms with E-state index >= 15 is 0 Å². The third kappa shape index (κ3) is 4.97. The van der Waals surface area contributed by atoms with Crippen LogP contribution in [0.25, 0.3) is 0 Å². The SMILES string of the molecule is C[C@H](CSSCC1CCCO1)C(=O)N1CSC[C@H]1C(=O)O. The van der Waals surface area contributed by atoms with E-state index in [4.69, 9.17) is 9.84 Å². The molecule has 0 aromatic carbocycles. The number of aliphatic carboxylic acids is 1. The highest BCUT2D eigenvalue weighted by molar-refractivity contribution is 8.76. The van der Waals surface area contributed by atoms with Crippen LogP contribution in [0.15, 0.2) is 0 Å². The monoisotopic (exact) mass is 351 g/mol. The maximum atomic E-state index is 12.3. The fraction of sp³-hybridized carbons (Fsp3) is 0.846. The highest BCUT2D eigenvalue weighted by Crippen LogP contribution is 2.30. The van der Waals surface area contributed by atoms with Gasteiger partial charge in [0.2, 0.25) is 5.91 Å². The fourth-order valence-electron chi connectivity index (χ4n) is 2.27. The van der Waals surface area contributed by atoms with Crippen molar-refractivity contribution in [1.29, 1.82) is 0 Å². The van der Waals surface area contributed by atoms with E-state index in [0.29, 0.717) is 23.5 Å².